The number of ether oxygens (including phenoxy) is 1. The Hall–Kier alpha value is -0.450. The van der Waals surface area contributed by atoms with Crippen LogP contribution in [0.1, 0.15) is 32.7 Å². The van der Waals surface area contributed by atoms with Gasteiger partial charge in [-0.05, 0) is 27.7 Å². The van der Waals surface area contributed by atoms with E-state index in [1.807, 2.05) is 18.5 Å². The maximum atomic E-state index is 5.53. The fourth-order valence-electron chi connectivity index (χ4n) is 1.60. The van der Waals surface area contributed by atoms with Gasteiger partial charge in [0.2, 0.25) is 0 Å². The van der Waals surface area contributed by atoms with Gasteiger partial charge in [-0.3, -0.25) is 0 Å². The zero-order valence-electron chi connectivity index (χ0n) is 9.91. The van der Waals surface area contributed by atoms with Gasteiger partial charge in [0.15, 0.2) is 0 Å². The molecular formula is C11H20N2OS. The lowest BCUT2D eigenvalue weighted by Gasteiger charge is -2.30. The molecule has 0 aromatic carbocycles. The van der Waals surface area contributed by atoms with E-state index in [2.05, 4.69) is 31.1 Å². The van der Waals surface area contributed by atoms with E-state index in [0.29, 0.717) is 12.6 Å². The number of hydrogen-bond donors (Lipinski definition) is 1. The third kappa shape index (κ3) is 3.55. The average molecular weight is 228 g/mol. The van der Waals surface area contributed by atoms with Crippen molar-refractivity contribution in [3.05, 3.63) is 16.6 Å². The Morgan fingerprint density at radius 3 is 2.80 bits per heavy atom. The molecule has 0 radical (unpaired) electrons. The third-order valence-electron chi connectivity index (χ3n) is 2.11. The third-order valence-corrected chi connectivity index (χ3v) is 3.14. The molecule has 1 aromatic rings. The van der Waals surface area contributed by atoms with Crippen LogP contribution in [-0.4, -0.2) is 24.2 Å². The first-order valence-corrected chi connectivity index (χ1v) is 6.22. The summed E-state index contributed by atoms with van der Waals surface area (Å²) in [5.74, 6) is 0. The van der Waals surface area contributed by atoms with Crippen LogP contribution in [-0.2, 0) is 10.3 Å². The van der Waals surface area contributed by atoms with Crippen molar-refractivity contribution in [2.75, 3.05) is 13.2 Å². The van der Waals surface area contributed by atoms with E-state index < -0.39 is 0 Å². The number of aromatic nitrogens is 1. The zero-order valence-corrected chi connectivity index (χ0v) is 10.7. The van der Waals surface area contributed by atoms with Crippen molar-refractivity contribution < 1.29 is 4.74 Å². The Bertz CT molecular complexity index is 274. The van der Waals surface area contributed by atoms with Crippen molar-refractivity contribution in [3.63, 3.8) is 0 Å². The molecular weight excluding hydrogens is 208 g/mol. The van der Waals surface area contributed by atoms with Gasteiger partial charge in [-0.25, -0.2) is 4.98 Å². The maximum absolute atomic E-state index is 5.53. The molecule has 0 fully saturated rings. The molecule has 0 aliphatic heterocycles. The van der Waals surface area contributed by atoms with Gasteiger partial charge in [-0.15, -0.1) is 11.3 Å². The average Bonchev–Trinajstić information content (AvgIpc) is 2.66. The molecule has 0 spiro atoms. The molecule has 86 valence electrons. The first-order chi connectivity index (χ1) is 7.08. The van der Waals surface area contributed by atoms with E-state index in [0.717, 1.165) is 11.6 Å². The fourth-order valence-corrected chi connectivity index (χ4v) is 2.35. The quantitative estimate of drug-likeness (QED) is 0.812. The van der Waals surface area contributed by atoms with Gasteiger partial charge in [0.05, 0.1) is 12.1 Å². The van der Waals surface area contributed by atoms with Crippen molar-refractivity contribution in [2.24, 2.45) is 0 Å². The molecule has 0 aliphatic carbocycles. The summed E-state index contributed by atoms with van der Waals surface area (Å²) in [6.07, 6.45) is 1.84. The van der Waals surface area contributed by atoms with Crippen molar-refractivity contribution in [1.29, 1.82) is 0 Å². The van der Waals surface area contributed by atoms with Crippen molar-refractivity contribution in [1.82, 2.24) is 10.3 Å². The van der Waals surface area contributed by atoms with E-state index in [-0.39, 0.29) is 5.54 Å². The van der Waals surface area contributed by atoms with Gasteiger partial charge in [0.1, 0.15) is 5.01 Å². The summed E-state index contributed by atoms with van der Waals surface area (Å²) < 4.78 is 5.53. The second-order valence-corrected chi connectivity index (χ2v) is 5.00. The molecule has 0 saturated carbocycles. The first-order valence-electron chi connectivity index (χ1n) is 5.34. The number of thiazole rings is 1. The Kier molecular flexibility index (Phi) is 4.70. The minimum atomic E-state index is -0.168. The van der Waals surface area contributed by atoms with Gasteiger partial charge in [0, 0.05) is 24.2 Å². The highest BCUT2D eigenvalue weighted by Gasteiger charge is 2.29. The Morgan fingerprint density at radius 1 is 1.60 bits per heavy atom. The lowest BCUT2D eigenvalue weighted by Crippen LogP contribution is -2.47. The number of nitrogens with one attached hydrogen (secondary N) is 1. The van der Waals surface area contributed by atoms with Gasteiger partial charge < -0.3 is 10.1 Å². The minimum Gasteiger partial charge on any atom is -0.379 e. The van der Waals surface area contributed by atoms with Crippen molar-refractivity contribution in [2.45, 2.75) is 39.3 Å². The highest BCUT2D eigenvalue weighted by Crippen LogP contribution is 2.23. The summed E-state index contributed by atoms with van der Waals surface area (Å²) in [6, 6.07) is 0.416. The predicted molar refractivity (Wildman–Crippen MR) is 64.2 cm³/mol. The number of nitrogens with zero attached hydrogens (tertiary/aromatic N) is 1. The number of rotatable bonds is 6. The van der Waals surface area contributed by atoms with Crippen LogP contribution in [0.2, 0.25) is 0 Å². The molecule has 0 saturated heterocycles. The van der Waals surface area contributed by atoms with E-state index >= 15 is 0 Å². The number of hydrogen-bond acceptors (Lipinski definition) is 4. The van der Waals surface area contributed by atoms with Gasteiger partial charge in [-0.1, -0.05) is 0 Å². The molecule has 1 rings (SSSR count). The monoisotopic (exact) mass is 228 g/mol. The molecule has 1 aromatic heterocycles. The standard InChI is InChI=1S/C11H20N2OS/c1-5-14-8-11(4,13-9(2)3)10-12-6-7-15-10/h6-7,9,13H,5,8H2,1-4H3. The Morgan fingerprint density at radius 2 is 2.33 bits per heavy atom. The van der Waals surface area contributed by atoms with Crippen LogP contribution < -0.4 is 5.32 Å². The predicted octanol–water partition coefficient (Wildman–Crippen LogP) is 2.39. The topological polar surface area (TPSA) is 34.1 Å². The van der Waals surface area contributed by atoms with Gasteiger partial charge >= 0.3 is 0 Å². The molecule has 0 aliphatic rings. The van der Waals surface area contributed by atoms with Crippen LogP contribution in [0.5, 0.6) is 0 Å². The summed E-state index contributed by atoms with van der Waals surface area (Å²) in [4.78, 5) is 4.37. The molecule has 1 atom stereocenters. The largest absolute Gasteiger partial charge is 0.379 e. The molecule has 1 unspecified atom stereocenters. The fraction of sp³-hybridized carbons (Fsp3) is 0.727. The molecule has 0 amide bonds. The second kappa shape index (κ2) is 5.58. The van der Waals surface area contributed by atoms with E-state index in [9.17, 15) is 0 Å². The smallest absolute Gasteiger partial charge is 0.115 e. The lowest BCUT2D eigenvalue weighted by atomic mass is 10.0. The molecule has 1 N–H and O–H groups in total. The normalized spacial score (nSPS) is 15.5. The van der Waals surface area contributed by atoms with Crippen molar-refractivity contribution in [3.8, 4) is 0 Å². The van der Waals surface area contributed by atoms with Gasteiger partial charge in [0.25, 0.3) is 0 Å². The van der Waals surface area contributed by atoms with E-state index in [4.69, 9.17) is 4.74 Å². The molecule has 15 heavy (non-hydrogen) atoms. The van der Waals surface area contributed by atoms with Crippen LogP contribution in [0.3, 0.4) is 0 Å². The highest BCUT2D eigenvalue weighted by molar-refractivity contribution is 7.09. The molecule has 4 heteroatoms. The van der Waals surface area contributed by atoms with Gasteiger partial charge in [-0.2, -0.15) is 0 Å². The first kappa shape index (κ1) is 12.6. The molecule has 0 bridgehead atoms. The summed E-state index contributed by atoms with van der Waals surface area (Å²) in [7, 11) is 0. The summed E-state index contributed by atoms with van der Waals surface area (Å²) >= 11 is 1.67. The van der Waals surface area contributed by atoms with E-state index in [1.165, 1.54) is 0 Å². The van der Waals surface area contributed by atoms with Crippen LogP contribution in [0.25, 0.3) is 0 Å². The van der Waals surface area contributed by atoms with Crippen LogP contribution >= 0.6 is 11.3 Å². The highest BCUT2D eigenvalue weighted by atomic mass is 32.1. The van der Waals surface area contributed by atoms with E-state index in [1.54, 1.807) is 11.3 Å². The molecule has 3 nitrogen and oxygen atoms in total. The molecule has 1 heterocycles. The Balaban J connectivity index is 2.76. The van der Waals surface area contributed by atoms with Crippen LogP contribution in [0.15, 0.2) is 11.6 Å². The Labute approximate surface area is 95.9 Å². The summed E-state index contributed by atoms with van der Waals surface area (Å²) in [5.41, 5.74) is -0.168. The SMILES string of the molecule is CCOCC(C)(NC(C)C)c1nccs1. The van der Waals surface area contributed by atoms with Crippen LogP contribution in [0.4, 0.5) is 0 Å². The maximum Gasteiger partial charge on any atom is 0.115 e. The second-order valence-electron chi connectivity index (χ2n) is 4.11. The summed E-state index contributed by atoms with van der Waals surface area (Å²) in [5, 5.41) is 6.61. The zero-order chi connectivity index (χ0) is 11.3. The van der Waals surface area contributed by atoms with Crippen LogP contribution in [0, 0.1) is 0 Å². The van der Waals surface area contributed by atoms with Crippen molar-refractivity contribution >= 4 is 11.3 Å². The minimum absolute atomic E-state index is 0.168. The summed E-state index contributed by atoms with van der Waals surface area (Å²) in [6.45, 7) is 9.82. The lowest BCUT2D eigenvalue weighted by molar-refractivity contribution is 0.0788.